The molecule has 0 aromatic carbocycles. The van der Waals surface area contributed by atoms with Gasteiger partial charge in [0.1, 0.15) is 0 Å². The lowest BCUT2D eigenvalue weighted by Crippen LogP contribution is -2.18. The van der Waals surface area contributed by atoms with E-state index in [4.69, 9.17) is 4.74 Å². The fourth-order valence-electron chi connectivity index (χ4n) is 1.94. The molecule has 0 unspecified atom stereocenters. The Balaban J connectivity index is 2.09. The first-order chi connectivity index (χ1) is 8.49. The third kappa shape index (κ3) is 7.10. The van der Waals surface area contributed by atoms with E-state index in [2.05, 4.69) is 4.72 Å². The lowest BCUT2D eigenvalue weighted by molar-refractivity contribution is -0.148. The zero-order valence-corrected chi connectivity index (χ0v) is 10.9. The summed E-state index contributed by atoms with van der Waals surface area (Å²) >= 11 is -0.442. The highest BCUT2D eigenvalue weighted by Gasteiger charge is 2.22. The summed E-state index contributed by atoms with van der Waals surface area (Å²) in [6.07, 6.45) is 5.98. The van der Waals surface area contributed by atoms with Crippen LogP contribution < -0.4 is 0 Å². The average molecular weight is 284 g/mol. The van der Waals surface area contributed by atoms with E-state index in [1.54, 1.807) is 0 Å². The number of halogens is 3. The fraction of sp³-hybridized carbons (Fsp3) is 0.909. The molecule has 1 aliphatic carbocycles. The summed E-state index contributed by atoms with van der Waals surface area (Å²) in [7, 11) is 0. The van der Waals surface area contributed by atoms with Crippen molar-refractivity contribution < 1.29 is 22.7 Å². The largest absolute Gasteiger partial charge is 0.596 e. The maximum atomic E-state index is 11.7. The number of ether oxygens (including phenoxy) is 1. The van der Waals surface area contributed by atoms with E-state index in [-0.39, 0.29) is 25.0 Å². The highest BCUT2D eigenvalue weighted by atomic mass is 32.2. The van der Waals surface area contributed by atoms with Crippen LogP contribution in [0, 0.1) is 5.92 Å². The number of rotatable bonds is 5. The normalized spacial score (nSPS) is 18.4. The van der Waals surface area contributed by atoms with Crippen LogP contribution in [0.2, 0.25) is 0 Å². The van der Waals surface area contributed by atoms with Gasteiger partial charge in [0.05, 0.1) is 12.5 Å². The molecule has 0 heterocycles. The van der Waals surface area contributed by atoms with Gasteiger partial charge in [-0.05, 0) is 12.8 Å². The van der Waals surface area contributed by atoms with E-state index in [1.165, 1.54) is 0 Å². The first kappa shape index (κ1) is 15.6. The summed E-state index contributed by atoms with van der Waals surface area (Å²) in [5.41, 5.74) is -4.36. The number of hydrogen-bond acceptors (Lipinski definition) is 3. The average Bonchev–Trinajstić information content (AvgIpc) is 2.55. The highest BCUT2D eigenvalue weighted by Crippen LogP contribution is 2.34. The molecule has 18 heavy (non-hydrogen) atoms. The van der Waals surface area contributed by atoms with Gasteiger partial charge in [-0.15, -0.1) is 6.54 Å². The van der Waals surface area contributed by atoms with Crippen molar-refractivity contribution in [3.05, 3.63) is 4.72 Å². The van der Waals surface area contributed by atoms with Crippen LogP contribution in [0.1, 0.15) is 38.5 Å². The van der Waals surface area contributed by atoms with Crippen molar-refractivity contribution >= 4 is 17.9 Å². The summed E-state index contributed by atoms with van der Waals surface area (Å²) in [4.78, 5) is 11.6. The van der Waals surface area contributed by atoms with E-state index in [1.807, 2.05) is 0 Å². The minimum absolute atomic E-state index is 0.0710. The van der Waals surface area contributed by atoms with E-state index >= 15 is 0 Å². The zero-order chi connectivity index (χ0) is 13.4. The van der Waals surface area contributed by atoms with E-state index in [0.29, 0.717) is 0 Å². The first-order valence-electron chi connectivity index (χ1n) is 6.07. The first-order valence-corrected chi connectivity index (χ1v) is 6.85. The quantitative estimate of drug-likeness (QED) is 0.331. The van der Waals surface area contributed by atoms with Gasteiger partial charge in [-0.3, -0.25) is 4.79 Å². The molecule has 7 heteroatoms. The van der Waals surface area contributed by atoms with Crippen LogP contribution in [0.3, 0.4) is 0 Å². The molecule has 0 N–H and O–H groups in total. The van der Waals surface area contributed by atoms with Gasteiger partial charge in [0.2, 0.25) is 0 Å². The predicted molar refractivity (Wildman–Crippen MR) is 64.0 cm³/mol. The second kappa shape index (κ2) is 7.89. The minimum Gasteiger partial charge on any atom is -0.596 e. The zero-order valence-electron chi connectivity index (χ0n) is 10.0. The molecule has 0 bridgehead atoms. The van der Waals surface area contributed by atoms with Crippen LogP contribution >= 0.6 is 11.9 Å². The third-order valence-electron chi connectivity index (χ3n) is 2.78. The van der Waals surface area contributed by atoms with E-state index < -0.39 is 17.5 Å². The van der Waals surface area contributed by atoms with Crippen molar-refractivity contribution in [1.82, 2.24) is 0 Å². The molecule has 1 aliphatic rings. The van der Waals surface area contributed by atoms with Gasteiger partial charge in [-0.1, -0.05) is 25.7 Å². The smallest absolute Gasteiger partial charge is 0.423 e. The van der Waals surface area contributed by atoms with Crippen molar-refractivity contribution in [2.75, 3.05) is 13.2 Å². The number of hydrogen-bond donors (Lipinski definition) is 0. The molecular weight excluding hydrogens is 267 g/mol. The second-order valence-electron chi connectivity index (χ2n) is 4.25. The highest BCUT2D eigenvalue weighted by molar-refractivity contribution is 8.02. The maximum Gasteiger partial charge on any atom is 0.423 e. The molecule has 1 rings (SSSR count). The van der Waals surface area contributed by atoms with Crippen LogP contribution in [0.25, 0.3) is 4.72 Å². The van der Waals surface area contributed by atoms with Crippen LogP contribution in [-0.2, 0) is 9.53 Å². The number of alkyl halides is 3. The van der Waals surface area contributed by atoms with Gasteiger partial charge >= 0.3 is 11.5 Å². The molecule has 106 valence electrons. The monoisotopic (exact) mass is 284 g/mol. The van der Waals surface area contributed by atoms with Gasteiger partial charge in [0.25, 0.3) is 0 Å². The van der Waals surface area contributed by atoms with Crippen LogP contribution in [0.5, 0.6) is 0 Å². The summed E-state index contributed by atoms with van der Waals surface area (Å²) in [5, 5.41) is 0. The number of esters is 1. The van der Waals surface area contributed by atoms with Gasteiger partial charge in [0, 0.05) is 0 Å². The second-order valence-corrected chi connectivity index (χ2v) is 5.15. The van der Waals surface area contributed by atoms with Gasteiger partial charge in [0.15, 0.2) is 0 Å². The summed E-state index contributed by atoms with van der Waals surface area (Å²) in [6, 6.07) is 0. The molecule has 0 radical (unpaired) electrons. The summed E-state index contributed by atoms with van der Waals surface area (Å²) < 4.78 is 43.3. The Morgan fingerprint density at radius 1 is 1.22 bits per heavy atom. The number of carbonyl (C=O) groups is 1. The third-order valence-corrected chi connectivity index (χ3v) is 3.30. The molecule has 0 aromatic heterocycles. The molecule has 1 fully saturated rings. The van der Waals surface area contributed by atoms with Crippen molar-refractivity contribution in [3.63, 3.8) is 0 Å². The Morgan fingerprint density at radius 3 is 2.39 bits per heavy atom. The Kier molecular flexibility index (Phi) is 6.85. The molecule has 0 aliphatic heterocycles. The minimum atomic E-state index is -4.36. The standard InChI is InChI=1S/C11H17F3NO2S/c12-11(13,14)18-15-7-8-17-10(16)9-5-3-1-2-4-6-9/h9H,1-8H2/q-1. The molecule has 1 saturated carbocycles. The van der Waals surface area contributed by atoms with Crippen LogP contribution in [0.4, 0.5) is 13.2 Å². The van der Waals surface area contributed by atoms with Crippen molar-refractivity contribution in [1.29, 1.82) is 0 Å². The number of carbonyl (C=O) groups excluding carboxylic acids is 1. The van der Waals surface area contributed by atoms with Gasteiger partial charge < -0.3 is 9.46 Å². The molecule has 0 aromatic rings. The molecule has 0 spiro atoms. The van der Waals surface area contributed by atoms with Gasteiger partial charge in [-0.25, -0.2) is 0 Å². The van der Waals surface area contributed by atoms with E-state index in [0.717, 1.165) is 38.5 Å². The van der Waals surface area contributed by atoms with E-state index in [9.17, 15) is 18.0 Å². The Hall–Kier alpha value is -0.430. The lowest BCUT2D eigenvalue weighted by atomic mass is 10.0. The lowest BCUT2D eigenvalue weighted by Gasteiger charge is -2.21. The fourth-order valence-corrected chi connectivity index (χ4v) is 2.25. The Morgan fingerprint density at radius 2 is 1.83 bits per heavy atom. The van der Waals surface area contributed by atoms with Crippen LogP contribution in [-0.4, -0.2) is 24.6 Å². The molecule has 0 amide bonds. The van der Waals surface area contributed by atoms with Crippen molar-refractivity contribution in [3.8, 4) is 0 Å². The van der Waals surface area contributed by atoms with Crippen molar-refractivity contribution in [2.24, 2.45) is 5.92 Å². The molecule has 0 atom stereocenters. The predicted octanol–water partition coefficient (Wildman–Crippen LogP) is 4.04. The van der Waals surface area contributed by atoms with Gasteiger partial charge in [-0.2, -0.15) is 25.1 Å². The molecule has 3 nitrogen and oxygen atoms in total. The molecular formula is C11H17F3NO2S-. The molecule has 0 saturated heterocycles. The van der Waals surface area contributed by atoms with Crippen molar-refractivity contribution in [2.45, 2.75) is 44.0 Å². The van der Waals surface area contributed by atoms with Crippen LogP contribution in [0.15, 0.2) is 0 Å². The SMILES string of the molecule is O=C(OCC[N-]SC(F)(F)F)C1CCCCCC1. The summed E-state index contributed by atoms with van der Waals surface area (Å²) in [6.45, 7) is -0.193. The topological polar surface area (TPSA) is 40.4 Å². The Labute approximate surface area is 109 Å². The number of nitrogens with zero attached hydrogens (tertiary/aromatic N) is 1. The Bertz CT molecular complexity index is 253. The summed E-state index contributed by atoms with van der Waals surface area (Å²) in [5.74, 6) is -0.369. The maximum absolute atomic E-state index is 11.7.